The van der Waals surface area contributed by atoms with Crippen molar-refractivity contribution in [3.05, 3.63) is 35.1 Å². The van der Waals surface area contributed by atoms with Crippen LogP contribution in [0.4, 0.5) is 17.6 Å². The molecular formula is C16H20F4O2. The van der Waals surface area contributed by atoms with Crippen molar-refractivity contribution in [3.63, 3.8) is 0 Å². The second kappa shape index (κ2) is 8.15. The third-order valence-electron chi connectivity index (χ3n) is 3.50. The number of hydrogen-bond donors (Lipinski definition) is 0. The molecule has 0 saturated carbocycles. The fourth-order valence-electron chi connectivity index (χ4n) is 2.05. The molecule has 1 rings (SSSR count). The van der Waals surface area contributed by atoms with Gasteiger partial charge in [-0.3, -0.25) is 0 Å². The van der Waals surface area contributed by atoms with Crippen LogP contribution in [0, 0.1) is 11.7 Å². The quantitative estimate of drug-likeness (QED) is 0.509. The van der Waals surface area contributed by atoms with Crippen LogP contribution in [0.15, 0.2) is 18.2 Å². The zero-order valence-corrected chi connectivity index (χ0v) is 12.7. The summed E-state index contributed by atoms with van der Waals surface area (Å²) in [5, 5.41) is 0. The van der Waals surface area contributed by atoms with Gasteiger partial charge in [-0.1, -0.05) is 33.1 Å². The predicted octanol–water partition coefficient (Wildman–Crippen LogP) is 5.22. The van der Waals surface area contributed by atoms with Gasteiger partial charge in [-0.2, -0.15) is 13.2 Å². The number of hydrogen-bond acceptors (Lipinski definition) is 2. The number of alkyl halides is 3. The Morgan fingerprint density at radius 2 is 1.95 bits per heavy atom. The number of esters is 1. The van der Waals surface area contributed by atoms with Gasteiger partial charge in [-0.15, -0.1) is 0 Å². The van der Waals surface area contributed by atoms with Gasteiger partial charge in [0.25, 0.3) is 0 Å². The molecule has 0 fully saturated rings. The molecule has 1 aromatic carbocycles. The van der Waals surface area contributed by atoms with Crippen molar-refractivity contribution < 1.29 is 27.1 Å². The molecule has 0 radical (unpaired) electrons. The van der Waals surface area contributed by atoms with E-state index in [1.165, 1.54) is 0 Å². The van der Waals surface area contributed by atoms with Gasteiger partial charge < -0.3 is 4.74 Å². The fraction of sp³-hybridized carbons (Fsp3) is 0.562. The molecule has 0 bridgehead atoms. The summed E-state index contributed by atoms with van der Waals surface area (Å²) in [6, 6.07) is 2.06. The van der Waals surface area contributed by atoms with Crippen molar-refractivity contribution in [2.45, 2.75) is 45.7 Å². The van der Waals surface area contributed by atoms with Gasteiger partial charge in [-0.25, -0.2) is 9.18 Å². The van der Waals surface area contributed by atoms with E-state index < -0.39 is 23.5 Å². The normalized spacial score (nSPS) is 13.0. The highest BCUT2D eigenvalue weighted by Gasteiger charge is 2.34. The van der Waals surface area contributed by atoms with Crippen molar-refractivity contribution in [2.24, 2.45) is 5.92 Å². The average molecular weight is 320 g/mol. The molecule has 0 spiro atoms. The Bertz CT molecular complexity index is 497. The summed E-state index contributed by atoms with van der Waals surface area (Å²) in [6.45, 7) is 4.23. The number of rotatable bonds is 7. The minimum Gasteiger partial charge on any atom is -0.462 e. The molecule has 1 atom stereocenters. The number of carbonyl (C=O) groups is 1. The summed E-state index contributed by atoms with van der Waals surface area (Å²) in [5.74, 6) is -2.06. The van der Waals surface area contributed by atoms with Gasteiger partial charge >= 0.3 is 12.1 Å². The van der Waals surface area contributed by atoms with E-state index in [1.807, 2.05) is 6.92 Å². The molecule has 6 heteroatoms. The van der Waals surface area contributed by atoms with Crippen molar-refractivity contribution in [2.75, 3.05) is 6.61 Å². The molecule has 1 unspecified atom stereocenters. The van der Waals surface area contributed by atoms with Crippen molar-refractivity contribution >= 4 is 5.97 Å². The second-order valence-electron chi connectivity index (χ2n) is 5.21. The molecule has 0 aromatic heterocycles. The molecule has 0 N–H and O–H groups in total. The Morgan fingerprint density at radius 3 is 2.45 bits per heavy atom. The lowest BCUT2D eigenvalue weighted by atomic mass is 10.0. The first-order valence-electron chi connectivity index (χ1n) is 7.33. The second-order valence-corrected chi connectivity index (χ2v) is 5.21. The minimum absolute atomic E-state index is 0.192. The zero-order valence-electron chi connectivity index (χ0n) is 12.7. The molecule has 0 saturated heterocycles. The van der Waals surface area contributed by atoms with Gasteiger partial charge in [0.1, 0.15) is 5.82 Å². The van der Waals surface area contributed by atoms with Crippen molar-refractivity contribution in [1.29, 1.82) is 0 Å². The number of halogens is 4. The van der Waals surface area contributed by atoms with Crippen LogP contribution in [0.3, 0.4) is 0 Å². The first-order chi connectivity index (χ1) is 10.3. The molecule has 0 aliphatic heterocycles. The van der Waals surface area contributed by atoms with Crippen LogP contribution in [-0.2, 0) is 10.9 Å². The molecule has 2 nitrogen and oxygen atoms in total. The van der Waals surface area contributed by atoms with Gasteiger partial charge in [0.05, 0.1) is 17.7 Å². The maximum atomic E-state index is 13.4. The van der Waals surface area contributed by atoms with E-state index in [2.05, 4.69) is 6.92 Å². The van der Waals surface area contributed by atoms with Crippen molar-refractivity contribution in [3.8, 4) is 0 Å². The number of carbonyl (C=O) groups excluding carboxylic acids is 1. The summed E-state index contributed by atoms with van der Waals surface area (Å²) < 4.78 is 55.8. The molecule has 0 amide bonds. The smallest absolute Gasteiger partial charge is 0.419 e. The van der Waals surface area contributed by atoms with Gasteiger partial charge in [0, 0.05) is 0 Å². The van der Waals surface area contributed by atoms with E-state index >= 15 is 0 Å². The van der Waals surface area contributed by atoms with Gasteiger partial charge in [-0.05, 0) is 30.5 Å². The highest BCUT2D eigenvalue weighted by atomic mass is 19.4. The SMILES string of the molecule is CCCCC(CC)COC(=O)c1ccc(C(F)(F)F)c(F)c1. The lowest BCUT2D eigenvalue weighted by molar-refractivity contribution is -0.140. The predicted molar refractivity (Wildman–Crippen MR) is 75.0 cm³/mol. The number of unbranched alkanes of at least 4 members (excludes halogenated alkanes) is 1. The molecule has 1 aromatic rings. The van der Waals surface area contributed by atoms with E-state index in [1.54, 1.807) is 0 Å². The fourth-order valence-corrected chi connectivity index (χ4v) is 2.05. The first kappa shape index (κ1) is 18.5. The highest BCUT2D eigenvalue weighted by molar-refractivity contribution is 5.89. The Balaban J connectivity index is 2.68. The number of benzene rings is 1. The summed E-state index contributed by atoms with van der Waals surface area (Å²) in [4.78, 5) is 11.8. The van der Waals surface area contributed by atoms with E-state index in [0.29, 0.717) is 12.1 Å². The topological polar surface area (TPSA) is 26.3 Å². The lowest BCUT2D eigenvalue weighted by Crippen LogP contribution is -2.15. The molecular weight excluding hydrogens is 300 g/mol. The number of ether oxygens (including phenoxy) is 1. The molecule has 0 aliphatic carbocycles. The summed E-state index contributed by atoms with van der Waals surface area (Å²) in [7, 11) is 0. The molecule has 0 heterocycles. The van der Waals surface area contributed by atoms with Gasteiger partial charge in [0.15, 0.2) is 0 Å². The Morgan fingerprint density at radius 1 is 1.27 bits per heavy atom. The standard InChI is InChI=1S/C16H20F4O2/c1-3-5-6-11(4-2)10-22-15(21)12-7-8-13(14(17)9-12)16(18,19)20/h7-9,11H,3-6,10H2,1-2H3. The van der Waals surface area contributed by atoms with Crippen LogP contribution >= 0.6 is 0 Å². The molecule has 22 heavy (non-hydrogen) atoms. The van der Waals surface area contributed by atoms with Crippen LogP contribution < -0.4 is 0 Å². The Labute approximate surface area is 127 Å². The third kappa shape index (κ3) is 5.31. The first-order valence-corrected chi connectivity index (χ1v) is 7.33. The Hall–Kier alpha value is -1.59. The summed E-state index contributed by atoms with van der Waals surface area (Å²) >= 11 is 0. The maximum Gasteiger partial charge on any atom is 0.419 e. The highest BCUT2D eigenvalue weighted by Crippen LogP contribution is 2.31. The monoisotopic (exact) mass is 320 g/mol. The van der Waals surface area contributed by atoms with Gasteiger partial charge in [0.2, 0.25) is 0 Å². The zero-order chi connectivity index (χ0) is 16.8. The van der Waals surface area contributed by atoms with E-state index in [0.717, 1.165) is 31.7 Å². The maximum absolute atomic E-state index is 13.4. The van der Waals surface area contributed by atoms with Crippen LogP contribution in [0.1, 0.15) is 55.5 Å². The summed E-state index contributed by atoms with van der Waals surface area (Å²) in [6.07, 6.45) is -0.962. The largest absolute Gasteiger partial charge is 0.462 e. The lowest BCUT2D eigenvalue weighted by Gasteiger charge is -2.15. The molecule has 0 aliphatic rings. The van der Waals surface area contributed by atoms with Crippen LogP contribution in [0.5, 0.6) is 0 Å². The van der Waals surface area contributed by atoms with E-state index in [-0.39, 0.29) is 18.1 Å². The van der Waals surface area contributed by atoms with Crippen LogP contribution in [-0.4, -0.2) is 12.6 Å². The Kier molecular flexibility index (Phi) is 6.84. The van der Waals surface area contributed by atoms with Crippen molar-refractivity contribution in [1.82, 2.24) is 0 Å². The summed E-state index contributed by atoms with van der Waals surface area (Å²) in [5.41, 5.74) is -1.60. The average Bonchev–Trinajstić information content (AvgIpc) is 2.45. The van der Waals surface area contributed by atoms with Crippen LogP contribution in [0.25, 0.3) is 0 Å². The van der Waals surface area contributed by atoms with E-state index in [9.17, 15) is 22.4 Å². The van der Waals surface area contributed by atoms with Crippen LogP contribution in [0.2, 0.25) is 0 Å². The third-order valence-corrected chi connectivity index (χ3v) is 3.50. The minimum atomic E-state index is -4.78. The molecule has 124 valence electrons. The van der Waals surface area contributed by atoms with E-state index in [4.69, 9.17) is 4.74 Å².